The van der Waals surface area contributed by atoms with Crippen LogP contribution in [0.3, 0.4) is 0 Å². The molecule has 0 unspecified atom stereocenters. The monoisotopic (exact) mass is 364 g/mol. The van der Waals surface area contributed by atoms with Gasteiger partial charge in [-0.05, 0) is 51.0 Å². The Bertz CT molecular complexity index is 758. The van der Waals surface area contributed by atoms with E-state index >= 15 is 0 Å². The van der Waals surface area contributed by atoms with Crippen LogP contribution in [0.4, 0.5) is 10.5 Å². The fraction of sp³-hybridized carbons (Fsp3) is 0.444. The zero-order valence-electron chi connectivity index (χ0n) is 15.4. The number of methoxy groups -OCH3 is 1. The Morgan fingerprint density at radius 2 is 2.12 bits per heavy atom. The van der Waals surface area contributed by atoms with Crippen LogP contribution in [-0.2, 0) is 13.0 Å². The maximum Gasteiger partial charge on any atom is 0.321 e. The highest BCUT2D eigenvalue weighted by atomic mass is 35.5. The van der Waals surface area contributed by atoms with E-state index in [1.807, 2.05) is 11.6 Å². The minimum absolute atomic E-state index is 0.209. The van der Waals surface area contributed by atoms with Crippen LogP contribution in [0.5, 0.6) is 5.75 Å². The fourth-order valence-corrected chi connectivity index (χ4v) is 2.95. The van der Waals surface area contributed by atoms with Gasteiger partial charge in [-0.1, -0.05) is 11.6 Å². The van der Waals surface area contributed by atoms with E-state index < -0.39 is 0 Å². The van der Waals surface area contributed by atoms with Crippen molar-refractivity contribution in [3.8, 4) is 5.75 Å². The van der Waals surface area contributed by atoms with Crippen LogP contribution in [0.15, 0.2) is 18.2 Å². The first-order valence-electron chi connectivity index (χ1n) is 8.25. The maximum absolute atomic E-state index is 12.4. The molecular weight excluding hydrogens is 340 g/mol. The number of hydrogen-bond donors (Lipinski definition) is 1. The quantitative estimate of drug-likeness (QED) is 0.845. The number of carbonyl (C=O) groups is 1. The Hall–Kier alpha value is -2.21. The van der Waals surface area contributed by atoms with Gasteiger partial charge in [0.2, 0.25) is 0 Å². The molecule has 1 aromatic carbocycles. The summed E-state index contributed by atoms with van der Waals surface area (Å²) in [5.74, 6) is 0.571. The normalized spacial score (nSPS) is 10.6. The van der Waals surface area contributed by atoms with E-state index in [9.17, 15) is 4.79 Å². The molecule has 0 bridgehead atoms. The summed E-state index contributed by atoms with van der Waals surface area (Å²) in [7, 11) is 3.32. The molecule has 2 amide bonds. The topological polar surface area (TPSA) is 59.4 Å². The number of anilines is 1. The van der Waals surface area contributed by atoms with Crippen molar-refractivity contribution >= 4 is 23.3 Å². The summed E-state index contributed by atoms with van der Waals surface area (Å²) < 4.78 is 7.24. The summed E-state index contributed by atoms with van der Waals surface area (Å²) in [5, 5.41) is 7.90. The third kappa shape index (κ3) is 4.45. The number of likely N-dealkylation sites (N-methyl/N-ethyl adjacent to an activating group) is 1. The summed E-state index contributed by atoms with van der Waals surface area (Å²) in [4.78, 5) is 14.1. The number of nitrogens with zero attached hydrogens (tertiary/aromatic N) is 3. The third-order valence-electron chi connectivity index (χ3n) is 4.28. The van der Waals surface area contributed by atoms with Crippen molar-refractivity contribution < 1.29 is 9.53 Å². The molecule has 0 aliphatic carbocycles. The largest absolute Gasteiger partial charge is 0.495 e. The summed E-state index contributed by atoms with van der Waals surface area (Å²) in [6, 6.07) is 4.91. The average molecular weight is 365 g/mol. The molecule has 0 spiro atoms. The minimum Gasteiger partial charge on any atom is -0.495 e. The van der Waals surface area contributed by atoms with Gasteiger partial charge in [0.05, 0.1) is 18.5 Å². The lowest BCUT2D eigenvalue weighted by atomic mass is 10.1. The van der Waals surface area contributed by atoms with Gasteiger partial charge in [-0.2, -0.15) is 5.10 Å². The molecule has 7 heteroatoms. The minimum atomic E-state index is -0.209. The zero-order chi connectivity index (χ0) is 18.6. The van der Waals surface area contributed by atoms with Crippen molar-refractivity contribution in [3.05, 3.63) is 40.2 Å². The number of amides is 2. The number of halogens is 1. The molecule has 0 saturated heterocycles. The Balaban J connectivity index is 2.02. The first kappa shape index (κ1) is 19.1. The molecule has 0 aliphatic heterocycles. The van der Waals surface area contributed by atoms with E-state index in [1.54, 1.807) is 37.3 Å². The van der Waals surface area contributed by atoms with Gasteiger partial charge < -0.3 is 15.0 Å². The van der Waals surface area contributed by atoms with Gasteiger partial charge in [-0.25, -0.2) is 4.79 Å². The fourth-order valence-electron chi connectivity index (χ4n) is 2.77. The number of urea groups is 1. The molecule has 25 heavy (non-hydrogen) atoms. The number of benzene rings is 1. The predicted molar refractivity (Wildman–Crippen MR) is 101 cm³/mol. The highest BCUT2D eigenvalue weighted by Gasteiger charge is 2.15. The molecule has 1 heterocycles. The second kappa shape index (κ2) is 8.25. The van der Waals surface area contributed by atoms with Gasteiger partial charge in [0, 0.05) is 30.9 Å². The number of carbonyl (C=O) groups excluding carboxylic acids is 1. The van der Waals surface area contributed by atoms with Crippen LogP contribution in [0.1, 0.15) is 23.9 Å². The van der Waals surface area contributed by atoms with Gasteiger partial charge in [-0.15, -0.1) is 0 Å². The van der Waals surface area contributed by atoms with Gasteiger partial charge in [0.15, 0.2) is 0 Å². The SMILES string of the molecule is CCn1nc(C)c(CCN(C)C(=O)Nc2cc(Cl)ccc2OC)c1C. The van der Waals surface area contributed by atoms with Crippen molar-refractivity contribution in [1.29, 1.82) is 0 Å². The van der Waals surface area contributed by atoms with Gasteiger partial charge in [0.1, 0.15) is 5.75 Å². The van der Waals surface area contributed by atoms with E-state index in [-0.39, 0.29) is 6.03 Å². The van der Waals surface area contributed by atoms with E-state index in [1.165, 1.54) is 5.56 Å². The Morgan fingerprint density at radius 3 is 2.72 bits per heavy atom. The van der Waals surface area contributed by atoms with Crippen LogP contribution in [-0.4, -0.2) is 41.4 Å². The smallest absolute Gasteiger partial charge is 0.321 e. The second-order valence-corrected chi connectivity index (χ2v) is 6.35. The highest BCUT2D eigenvalue weighted by Crippen LogP contribution is 2.27. The molecule has 0 aliphatic rings. The number of hydrogen-bond acceptors (Lipinski definition) is 3. The lowest BCUT2D eigenvalue weighted by Gasteiger charge is -2.19. The Kier molecular flexibility index (Phi) is 6.31. The first-order chi connectivity index (χ1) is 11.9. The van der Waals surface area contributed by atoms with Crippen molar-refractivity contribution in [1.82, 2.24) is 14.7 Å². The molecular formula is C18H25ClN4O2. The lowest BCUT2D eigenvalue weighted by Crippen LogP contribution is -2.33. The Morgan fingerprint density at radius 1 is 1.40 bits per heavy atom. The van der Waals surface area contributed by atoms with E-state index in [0.29, 0.717) is 23.0 Å². The third-order valence-corrected chi connectivity index (χ3v) is 4.51. The standard InChI is InChI=1S/C18H25ClN4O2/c1-6-23-13(3)15(12(2)21-23)9-10-22(4)18(24)20-16-11-14(19)7-8-17(16)25-5/h7-8,11H,6,9-10H2,1-5H3,(H,20,24). The van der Waals surface area contributed by atoms with Crippen molar-refractivity contribution in [2.75, 3.05) is 26.0 Å². The number of aryl methyl sites for hydroxylation is 2. The van der Waals surface area contributed by atoms with Crippen LogP contribution in [0.2, 0.25) is 5.02 Å². The summed E-state index contributed by atoms with van der Waals surface area (Å²) in [5.41, 5.74) is 3.93. The second-order valence-electron chi connectivity index (χ2n) is 5.91. The highest BCUT2D eigenvalue weighted by molar-refractivity contribution is 6.31. The summed E-state index contributed by atoms with van der Waals surface area (Å²) in [6.45, 7) is 7.58. The van der Waals surface area contributed by atoms with E-state index in [4.69, 9.17) is 16.3 Å². The first-order valence-corrected chi connectivity index (χ1v) is 8.63. The van der Waals surface area contributed by atoms with Crippen molar-refractivity contribution in [3.63, 3.8) is 0 Å². The summed E-state index contributed by atoms with van der Waals surface area (Å²) >= 11 is 6.00. The molecule has 6 nitrogen and oxygen atoms in total. The zero-order valence-corrected chi connectivity index (χ0v) is 16.1. The molecule has 136 valence electrons. The van der Waals surface area contributed by atoms with Gasteiger partial charge in [-0.3, -0.25) is 4.68 Å². The Labute approximate surface area is 153 Å². The average Bonchev–Trinajstić information content (AvgIpc) is 2.86. The molecule has 2 aromatic rings. The van der Waals surface area contributed by atoms with Gasteiger partial charge in [0.25, 0.3) is 0 Å². The molecule has 0 radical (unpaired) electrons. The van der Waals surface area contributed by atoms with Crippen LogP contribution < -0.4 is 10.1 Å². The molecule has 1 N–H and O–H groups in total. The number of rotatable bonds is 6. The van der Waals surface area contributed by atoms with Crippen molar-refractivity contribution in [2.24, 2.45) is 0 Å². The van der Waals surface area contributed by atoms with Crippen molar-refractivity contribution in [2.45, 2.75) is 33.7 Å². The number of ether oxygens (including phenoxy) is 1. The molecule has 0 atom stereocenters. The van der Waals surface area contributed by atoms with E-state index in [2.05, 4.69) is 24.3 Å². The summed E-state index contributed by atoms with van der Waals surface area (Å²) in [6.07, 6.45) is 0.758. The lowest BCUT2D eigenvalue weighted by molar-refractivity contribution is 0.223. The molecule has 2 rings (SSSR count). The van der Waals surface area contributed by atoms with Gasteiger partial charge >= 0.3 is 6.03 Å². The van der Waals surface area contributed by atoms with Crippen LogP contribution >= 0.6 is 11.6 Å². The van der Waals surface area contributed by atoms with Crippen LogP contribution in [0.25, 0.3) is 0 Å². The molecule has 0 saturated carbocycles. The molecule has 0 fully saturated rings. The number of aromatic nitrogens is 2. The number of nitrogens with one attached hydrogen (secondary N) is 1. The maximum atomic E-state index is 12.4. The van der Waals surface area contributed by atoms with Crippen LogP contribution in [0, 0.1) is 13.8 Å². The predicted octanol–water partition coefficient (Wildman–Crippen LogP) is 3.89. The molecule has 1 aromatic heterocycles. The van der Waals surface area contributed by atoms with E-state index in [0.717, 1.165) is 24.4 Å².